The number of nitrogens with zero attached hydrogens (tertiary/aromatic N) is 2. The van der Waals surface area contributed by atoms with Crippen molar-refractivity contribution in [1.82, 2.24) is 15.1 Å². The van der Waals surface area contributed by atoms with Crippen molar-refractivity contribution in [1.29, 1.82) is 0 Å². The van der Waals surface area contributed by atoms with E-state index in [1.165, 1.54) is 12.4 Å². The molecule has 1 aliphatic heterocycles. The van der Waals surface area contributed by atoms with Gasteiger partial charge >= 0.3 is 5.97 Å². The first-order chi connectivity index (χ1) is 8.18. The van der Waals surface area contributed by atoms with Crippen LogP contribution in [-0.4, -0.2) is 56.2 Å². The number of hydrogen-bond donors (Lipinski definition) is 2. The number of H-pyrrole nitrogens is 1. The van der Waals surface area contributed by atoms with Gasteiger partial charge in [0.05, 0.1) is 24.2 Å². The van der Waals surface area contributed by atoms with E-state index in [2.05, 4.69) is 10.2 Å². The Morgan fingerprint density at radius 1 is 1.65 bits per heavy atom. The van der Waals surface area contributed by atoms with Crippen molar-refractivity contribution in [2.75, 3.05) is 18.1 Å². The average Bonchev–Trinajstić information content (AvgIpc) is 2.81. The summed E-state index contributed by atoms with van der Waals surface area (Å²) in [6.45, 7) is 0.590. The van der Waals surface area contributed by atoms with Crippen molar-refractivity contribution in [2.45, 2.75) is 12.5 Å². The first-order valence-corrected chi connectivity index (χ1v) is 6.43. The summed E-state index contributed by atoms with van der Waals surface area (Å²) < 4.78 is 0. The maximum Gasteiger partial charge on any atom is 0.305 e. The fourth-order valence-corrected chi connectivity index (χ4v) is 2.89. The Labute approximate surface area is 102 Å². The molecule has 0 spiro atoms. The summed E-state index contributed by atoms with van der Waals surface area (Å²) in [6, 6.07) is -0.228. The standard InChI is InChI=1S/C10H13N3O3S/c14-9(15)3-8-6-17-2-1-13(8)10(16)7-4-11-12-5-7/h4-5,8H,1-3,6H2,(H,11,12)(H,14,15). The van der Waals surface area contributed by atoms with E-state index in [1.54, 1.807) is 16.7 Å². The molecule has 7 heteroatoms. The van der Waals surface area contributed by atoms with E-state index >= 15 is 0 Å². The molecule has 92 valence electrons. The lowest BCUT2D eigenvalue weighted by molar-refractivity contribution is -0.138. The zero-order valence-electron chi connectivity index (χ0n) is 9.13. The lowest BCUT2D eigenvalue weighted by Gasteiger charge is -2.34. The molecule has 0 saturated carbocycles. The van der Waals surface area contributed by atoms with Crippen LogP contribution in [0.4, 0.5) is 0 Å². The van der Waals surface area contributed by atoms with Crippen LogP contribution in [0.25, 0.3) is 0 Å². The highest BCUT2D eigenvalue weighted by Gasteiger charge is 2.29. The molecule has 2 heterocycles. The van der Waals surface area contributed by atoms with Gasteiger partial charge in [-0.15, -0.1) is 0 Å². The molecular formula is C10H13N3O3S. The molecule has 1 unspecified atom stereocenters. The van der Waals surface area contributed by atoms with Gasteiger partial charge < -0.3 is 10.0 Å². The van der Waals surface area contributed by atoms with E-state index in [9.17, 15) is 9.59 Å². The third-order valence-electron chi connectivity index (χ3n) is 2.64. The van der Waals surface area contributed by atoms with E-state index in [1.807, 2.05) is 0 Å². The van der Waals surface area contributed by atoms with Gasteiger partial charge in [-0.3, -0.25) is 14.7 Å². The van der Waals surface area contributed by atoms with Crippen LogP contribution >= 0.6 is 11.8 Å². The molecule has 17 heavy (non-hydrogen) atoms. The summed E-state index contributed by atoms with van der Waals surface area (Å²) in [6.07, 6.45) is 2.99. The first-order valence-electron chi connectivity index (χ1n) is 5.28. The zero-order valence-corrected chi connectivity index (χ0v) is 9.94. The van der Waals surface area contributed by atoms with E-state index in [4.69, 9.17) is 5.11 Å². The maximum absolute atomic E-state index is 12.1. The van der Waals surface area contributed by atoms with Crippen molar-refractivity contribution < 1.29 is 14.7 Å². The molecule has 2 N–H and O–H groups in total. The molecule has 6 nitrogen and oxygen atoms in total. The Balaban J connectivity index is 2.10. The number of aliphatic carboxylic acids is 1. The van der Waals surface area contributed by atoms with Crippen LogP contribution in [0.1, 0.15) is 16.8 Å². The predicted molar refractivity (Wildman–Crippen MR) is 63.0 cm³/mol. The Morgan fingerprint density at radius 2 is 2.47 bits per heavy atom. The van der Waals surface area contributed by atoms with Gasteiger partial charge in [-0.05, 0) is 0 Å². The first kappa shape index (κ1) is 12.0. The van der Waals surface area contributed by atoms with Crippen LogP contribution in [0.2, 0.25) is 0 Å². The van der Waals surface area contributed by atoms with Crippen LogP contribution in [0.5, 0.6) is 0 Å². The Bertz CT molecular complexity index is 407. The summed E-state index contributed by atoms with van der Waals surface area (Å²) in [4.78, 5) is 24.5. The fraction of sp³-hybridized carbons (Fsp3) is 0.500. The Kier molecular flexibility index (Phi) is 3.68. The van der Waals surface area contributed by atoms with Crippen LogP contribution < -0.4 is 0 Å². The molecule has 1 aromatic heterocycles. The van der Waals surface area contributed by atoms with Crippen molar-refractivity contribution in [2.24, 2.45) is 0 Å². The minimum atomic E-state index is -0.873. The summed E-state index contributed by atoms with van der Waals surface area (Å²) in [5.41, 5.74) is 0.479. The quantitative estimate of drug-likeness (QED) is 0.818. The summed E-state index contributed by atoms with van der Waals surface area (Å²) in [7, 11) is 0. The third-order valence-corrected chi connectivity index (χ3v) is 3.74. The number of carbonyl (C=O) groups excluding carboxylic acids is 1. The normalized spacial score (nSPS) is 20.2. The highest BCUT2D eigenvalue weighted by molar-refractivity contribution is 7.99. The number of amides is 1. The highest BCUT2D eigenvalue weighted by atomic mass is 32.2. The maximum atomic E-state index is 12.1. The summed E-state index contributed by atoms with van der Waals surface area (Å²) in [5.74, 6) is 0.503. The summed E-state index contributed by atoms with van der Waals surface area (Å²) >= 11 is 1.68. The van der Waals surface area contributed by atoms with Gasteiger partial charge in [0.1, 0.15) is 0 Å². The molecule has 0 aliphatic carbocycles. The van der Waals surface area contributed by atoms with E-state index in [0.29, 0.717) is 17.9 Å². The van der Waals surface area contributed by atoms with Gasteiger partial charge in [0.15, 0.2) is 0 Å². The van der Waals surface area contributed by atoms with Crippen molar-refractivity contribution >= 4 is 23.6 Å². The molecular weight excluding hydrogens is 242 g/mol. The minimum absolute atomic E-state index is 0.00338. The van der Waals surface area contributed by atoms with Gasteiger partial charge in [-0.2, -0.15) is 16.9 Å². The number of hydrogen-bond acceptors (Lipinski definition) is 4. The second-order valence-corrected chi connectivity index (χ2v) is 4.96. The van der Waals surface area contributed by atoms with Crippen LogP contribution in [0.3, 0.4) is 0 Å². The van der Waals surface area contributed by atoms with E-state index in [-0.39, 0.29) is 18.4 Å². The Hall–Kier alpha value is -1.50. The minimum Gasteiger partial charge on any atom is -0.481 e. The van der Waals surface area contributed by atoms with Crippen molar-refractivity contribution in [3.05, 3.63) is 18.0 Å². The number of rotatable bonds is 3. The van der Waals surface area contributed by atoms with Crippen LogP contribution in [0, 0.1) is 0 Å². The number of aromatic nitrogens is 2. The van der Waals surface area contributed by atoms with Gasteiger partial charge in [-0.1, -0.05) is 0 Å². The third kappa shape index (κ3) is 2.79. The second kappa shape index (κ2) is 5.22. The summed E-state index contributed by atoms with van der Waals surface area (Å²) in [5, 5.41) is 15.1. The van der Waals surface area contributed by atoms with Gasteiger partial charge in [-0.25, -0.2) is 0 Å². The molecule has 1 aliphatic rings. The molecule has 1 amide bonds. The lowest BCUT2D eigenvalue weighted by Crippen LogP contribution is -2.47. The smallest absolute Gasteiger partial charge is 0.305 e. The van der Waals surface area contributed by atoms with Gasteiger partial charge in [0.25, 0.3) is 5.91 Å². The van der Waals surface area contributed by atoms with E-state index in [0.717, 1.165) is 5.75 Å². The zero-order chi connectivity index (χ0) is 12.3. The highest BCUT2D eigenvalue weighted by Crippen LogP contribution is 2.20. The monoisotopic (exact) mass is 255 g/mol. The number of thioether (sulfide) groups is 1. The van der Waals surface area contributed by atoms with E-state index < -0.39 is 5.97 Å². The number of carbonyl (C=O) groups is 2. The molecule has 1 saturated heterocycles. The lowest BCUT2D eigenvalue weighted by atomic mass is 10.1. The molecule has 1 fully saturated rings. The molecule has 2 rings (SSSR count). The average molecular weight is 255 g/mol. The topological polar surface area (TPSA) is 86.3 Å². The van der Waals surface area contributed by atoms with Crippen molar-refractivity contribution in [3.8, 4) is 0 Å². The SMILES string of the molecule is O=C(O)CC1CSCCN1C(=O)c1cn[nH]c1. The van der Waals surface area contributed by atoms with Gasteiger partial charge in [0, 0.05) is 24.2 Å². The number of nitrogens with one attached hydrogen (secondary N) is 1. The van der Waals surface area contributed by atoms with Crippen molar-refractivity contribution in [3.63, 3.8) is 0 Å². The van der Waals surface area contributed by atoms with Gasteiger partial charge in [0.2, 0.25) is 0 Å². The molecule has 1 atom stereocenters. The number of aromatic amines is 1. The Morgan fingerprint density at radius 3 is 3.12 bits per heavy atom. The molecule has 0 bridgehead atoms. The number of carboxylic acids is 1. The van der Waals surface area contributed by atoms with Crippen LogP contribution in [-0.2, 0) is 4.79 Å². The fourth-order valence-electron chi connectivity index (χ4n) is 1.83. The number of carboxylic acid groups (broad SMARTS) is 1. The molecule has 0 aromatic carbocycles. The molecule has 1 aromatic rings. The van der Waals surface area contributed by atoms with Crippen LogP contribution in [0.15, 0.2) is 12.4 Å². The predicted octanol–water partition coefficient (Wildman–Crippen LogP) is 0.442. The second-order valence-electron chi connectivity index (χ2n) is 3.81. The molecule has 0 radical (unpaired) electrons. The largest absolute Gasteiger partial charge is 0.481 e.